The molecule has 34 heavy (non-hydrogen) atoms. The molecule has 0 radical (unpaired) electrons. The number of anilines is 3. The normalized spacial score (nSPS) is 19.7. The van der Waals surface area contributed by atoms with Gasteiger partial charge in [-0.2, -0.15) is 10.1 Å². The zero-order chi connectivity index (χ0) is 23.5. The Morgan fingerprint density at radius 2 is 1.94 bits per heavy atom. The van der Waals surface area contributed by atoms with Crippen molar-refractivity contribution in [1.29, 1.82) is 0 Å². The van der Waals surface area contributed by atoms with E-state index in [9.17, 15) is 9.59 Å². The quantitative estimate of drug-likeness (QED) is 0.501. The summed E-state index contributed by atoms with van der Waals surface area (Å²) in [5, 5.41) is 18.4. The smallest absolute Gasteiger partial charge is 0.273 e. The second kappa shape index (κ2) is 7.37. The minimum Gasteiger partial charge on any atom is -0.370 e. The molecule has 3 aromatic heterocycles. The summed E-state index contributed by atoms with van der Waals surface area (Å²) in [6.07, 6.45) is 8.47. The first-order chi connectivity index (χ1) is 16.4. The summed E-state index contributed by atoms with van der Waals surface area (Å²) in [6, 6.07) is 5.67. The molecule has 0 atom stereocenters. The van der Waals surface area contributed by atoms with Gasteiger partial charge in [-0.1, -0.05) is 6.42 Å². The number of amides is 2. The van der Waals surface area contributed by atoms with Crippen LogP contribution in [0, 0.1) is 5.41 Å². The number of primary amides is 1. The van der Waals surface area contributed by atoms with Crippen molar-refractivity contribution in [2.45, 2.75) is 43.9 Å². The van der Waals surface area contributed by atoms with Crippen LogP contribution in [0.4, 0.5) is 17.3 Å². The van der Waals surface area contributed by atoms with E-state index in [2.05, 4.69) is 41.9 Å². The Bertz CT molecular complexity index is 1310. The molecule has 4 heterocycles. The predicted molar refractivity (Wildman–Crippen MR) is 125 cm³/mol. The second-order valence-corrected chi connectivity index (χ2v) is 9.79. The molecule has 11 nitrogen and oxygen atoms in total. The Hall–Kier alpha value is -3.76. The highest BCUT2D eigenvalue weighted by Crippen LogP contribution is 2.49. The molecule has 3 aromatic rings. The van der Waals surface area contributed by atoms with Gasteiger partial charge < -0.3 is 21.3 Å². The largest absolute Gasteiger partial charge is 0.370 e. The summed E-state index contributed by atoms with van der Waals surface area (Å²) in [5.74, 6) is -0.526. The standard InChI is InChI=1S/C23H27N9O2/c1-25-19(33)18-15(11-16(28-29-18)23(7-8-23)20(24)34)26-21-27-17-4-3-14(12-32(17)30-21)31-10-9-22(13-31)5-2-6-22/h3-4,11-12H,2,5-10,13H2,1H3,(H2,24,34)(H,25,33)(H,26,28,30). The van der Waals surface area contributed by atoms with Gasteiger partial charge in [-0.3, -0.25) is 9.59 Å². The molecular weight excluding hydrogens is 434 g/mol. The van der Waals surface area contributed by atoms with Crippen LogP contribution in [0.5, 0.6) is 0 Å². The van der Waals surface area contributed by atoms with Gasteiger partial charge in [0.15, 0.2) is 11.3 Å². The summed E-state index contributed by atoms with van der Waals surface area (Å²) in [6.45, 7) is 2.16. The van der Waals surface area contributed by atoms with Crippen molar-refractivity contribution in [3.05, 3.63) is 35.8 Å². The van der Waals surface area contributed by atoms with Crippen LogP contribution in [0.2, 0.25) is 0 Å². The average molecular weight is 462 g/mol. The molecule has 3 fully saturated rings. The van der Waals surface area contributed by atoms with E-state index in [1.165, 1.54) is 32.7 Å². The predicted octanol–water partition coefficient (Wildman–Crippen LogP) is 1.52. The Kier molecular flexibility index (Phi) is 4.51. The summed E-state index contributed by atoms with van der Waals surface area (Å²) in [7, 11) is 1.52. The van der Waals surface area contributed by atoms with Gasteiger partial charge in [0.1, 0.15) is 0 Å². The molecule has 0 bridgehead atoms. The maximum Gasteiger partial charge on any atom is 0.273 e. The van der Waals surface area contributed by atoms with Crippen molar-refractivity contribution in [1.82, 2.24) is 30.1 Å². The molecule has 0 aromatic carbocycles. The zero-order valence-corrected chi connectivity index (χ0v) is 19.0. The van der Waals surface area contributed by atoms with Gasteiger partial charge in [-0.15, -0.1) is 10.2 Å². The van der Waals surface area contributed by atoms with Gasteiger partial charge in [-0.25, -0.2) is 4.52 Å². The van der Waals surface area contributed by atoms with Crippen molar-refractivity contribution >= 4 is 34.8 Å². The van der Waals surface area contributed by atoms with Gasteiger partial charge >= 0.3 is 0 Å². The van der Waals surface area contributed by atoms with E-state index in [1.54, 1.807) is 10.6 Å². The van der Waals surface area contributed by atoms with Crippen LogP contribution in [0.25, 0.3) is 5.65 Å². The topological polar surface area (TPSA) is 143 Å². The van der Waals surface area contributed by atoms with Crippen molar-refractivity contribution in [3.63, 3.8) is 0 Å². The average Bonchev–Trinajstić information content (AvgIpc) is 3.33. The number of aromatic nitrogens is 5. The number of carbonyl (C=O) groups is 2. The number of fused-ring (bicyclic) bond motifs is 1. The van der Waals surface area contributed by atoms with E-state index < -0.39 is 17.2 Å². The number of pyridine rings is 1. The maximum absolute atomic E-state index is 12.4. The lowest BCUT2D eigenvalue weighted by molar-refractivity contribution is -0.120. The minimum atomic E-state index is -0.820. The van der Waals surface area contributed by atoms with Crippen LogP contribution in [-0.4, -0.2) is 56.7 Å². The van der Waals surface area contributed by atoms with Crippen molar-refractivity contribution < 1.29 is 9.59 Å². The van der Waals surface area contributed by atoms with Crippen molar-refractivity contribution in [2.75, 3.05) is 30.4 Å². The first-order valence-electron chi connectivity index (χ1n) is 11.7. The van der Waals surface area contributed by atoms with E-state index in [4.69, 9.17) is 5.73 Å². The van der Waals surface area contributed by atoms with Crippen LogP contribution < -0.4 is 21.3 Å². The lowest BCUT2D eigenvalue weighted by Gasteiger charge is -2.38. The highest BCUT2D eigenvalue weighted by Gasteiger charge is 2.52. The number of carbonyl (C=O) groups excluding carboxylic acids is 2. The van der Waals surface area contributed by atoms with E-state index >= 15 is 0 Å². The first kappa shape index (κ1) is 20.8. The third-order valence-corrected chi connectivity index (χ3v) is 7.73. The maximum atomic E-state index is 12.4. The fourth-order valence-corrected chi connectivity index (χ4v) is 5.23. The van der Waals surface area contributed by atoms with Crippen molar-refractivity contribution in [3.8, 4) is 0 Å². The van der Waals surface area contributed by atoms with Gasteiger partial charge in [0.05, 0.1) is 28.7 Å². The molecule has 1 spiro atoms. The minimum absolute atomic E-state index is 0.0916. The number of nitrogens with two attached hydrogens (primary N) is 1. The SMILES string of the molecule is CNC(=O)c1nnc(C2(C(N)=O)CC2)cc1Nc1nc2ccc(N3CCC4(CCC4)C3)cn2n1. The second-order valence-electron chi connectivity index (χ2n) is 9.79. The number of hydrogen-bond donors (Lipinski definition) is 3. The molecule has 3 aliphatic rings. The Balaban J connectivity index is 1.30. The lowest BCUT2D eigenvalue weighted by atomic mass is 9.68. The molecule has 2 aliphatic carbocycles. The van der Waals surface area contributed by atoms with E-state index in [-0.39, 0.29) is 5.69 Å². The van der Waals surface area contributed by atoms with Gasteiger partial charge in [0.2, 0.25) is 11.9 Å². The Morgan fingerprint density at radius 3 is 2.59 bits per heavy atom. The molecule has 176 valence electrons. The molecule has 2 amide bonds. The molecule has 6 rings (SSSR count). The van der Waals surface area contributed by atoms with E-state index in [0.29, 0.717) is 41.2 Å². The van der Waals surface area contributed by atoms with E-state index in [1.807, 2.05) is 12.3 Å². The van der Waals surface area contributed by atoms with Gasteiger partial charge in [0, 0.05) is 20.1 Å². The molecular formula is C23H27N9O2. The van der Waals surface area contributed by atoms with Crippen LogP contribution in [0.1, 0.15) is 54.7 Å². The molecule has 1 aliphatic heterocycles. The van der Waals surface area contributed by atoms with Crippen LogP contribution in [0.3, 0.4) is 0 Å². The summed E-state index contributed by atoms with van der Waals surface area (Å²) in [5.41, 5.74) is 8.01. The highest BCUT2D eigenvalue weighted by molar-refractivity contribution is 5.98. The summed E-state index contributed by atoms with van der Waals surface area (Å²) in [4.78, 5) is 31.3. The summed E-state index contributed by atoms with van der Waals surface area (Å²) < 4.78 is 1.74. The van der Waals surface area contributed by atoms with Gasteiger partial charge in [-0.05, 0) is 55.7 Å². The molecule has 1 saturated heterocycles. The molecule has 4 N–H and O–H groups in total. The third-order valence-electron chi connectivity index (χ3n) is 7.73. The van der Waals surface area contributed by atoms with Crippen LogP contribution in [-0.2, 0) is 10.2 Å². The molecule has 11 heteroatoms. The number of rotatable bonds is 6. The highest BCUT2D eigenvalue weighted by atomic mass is 16.2. The van der Waals surface area contributed by atoms with E-state index in [0.717, 1.165) is 18.8 Å². The van der Waals surface area contributed by atoms with Gasteiger partial charge in [0.25, 0.3) is 5.91 Å². The number of nitrogens with zero attached hydrogens (tertiary/aromatic N) is 6. The summed E-state index contributed by atoms with van der Waals surface area (Å²) >= 11 is 0. The zero-order valence-electron chi connectivity index (χ0n) is 19.0. The lowest BCUT2D eigenvalue weighted by Crippen LogP contribution is -2.33. The Labute approximate surface area is 196 Å². The number of hydrogen-bond acceptors (Lipinski definition) is 8. The van der Waals surface area contributed by atoms with Crippen LogP contribution >= 0.6 is 0 Å². The molecule has 0 unspecified atom stereocenters. The fourth-order valence-electron chi connectivity index (χ4n) is 5.23. The number of nitrogens with one attached hydrogen (secondary N) is 2. The fraction of sp³-hybridized carbons (Fsp3) is 0.478. The van der Waals surface area contributed by atoms with Crippen LogP contribution in [0.15, 0.2) is 24.4 Å². The Morgan fingerprint density at radius 1 is 1.12 bits per heavy atom. The molecule has 2 saturated carbocycles. The third kappa shape index (κ3) is 3.25. The first-order valence-corrected chi connectivity index (χ1v) is 11.7. The monoisotopic (exact) mass is 461 g/mol. The van der Waals surface area contributed by atoms with Crippen molar-refractivity contribution in [2.24, 2.45) is 11.1 Å².